The summed E-state index contributed by atoms with van der Waals surface area (Å²) in [5.41, 5.74) is 2.82. The van der Waals surface area contributed by atoms with Crippen LogP contribution in [0.3, 0.4) is 0 Å². The fourth-order valence-corrected chi connectivity index (χ4v) is 3.19. The second kappa shape index (κ2) is 7.23. The number of ether oxygens (including phenoxy) is 1. The predicted molar refractivity (Wildman–Crippen MR) is 102 cm³/mol. The maximum Gasteiger partial charge on any atom is 0.343 e. The zero-order valence-corrected chi connectivity index (χ0v) is 15.7. The molecule has 4 nitrogen and oxygen atoms in total. The number of halogens is 1. The van der Waals surface area contributed by atoms with E-state index in [0.717, 1.165) is 21.1 Å². The first-order valence-electron chi connectivity index (χ1n) is 8.05. The molecule has 3 aromatic rings. The molecule has 0 bridgehead atoms. The Morgan fingerprint density at radius 1 is 1.20 bits per heavy atom. The molecule has 0 aliphatic carbocycles. The van der Waals surface area contributed by atoms with E-state index in [4.69, 9.17) is 4.74 Å². The Morgan fingerprint density at radius 3 is 2.68 bits per heavy atom. The van der Waals surface area contributed by atoms with Gasteiger partial charge >= 0.3 is 5.97 Å². The van der Waals surface area contributed by atoms with E-state index in [9.17, 15) is 9.59 Å². The number of benzene rings is 2. The summed E-state index contributed by atoms with van der Waals surface area (Å²) in [6.07, 6.45) is 1.60. The SMILES string of the molecule is CCOC(=O)c1cn(Cc2ccccc2C)c2ccc(Br)cc2c1=O. The number of fused-ring (bicyclic) bond motifs is 1. The molecule has 2 aromatic carbocycles. The van der Waals surface area contributed by atoms with Crippen LogP contribution in [0.2, 0.25) is 0 Å². The number of esters is 1. The highest BCUT2D eigenvalue weighted by Crippen LogP contribution is 2.20. The van der Waals surface area contributed by atoms with E-state index < -0.39 is 5.97 Å². The van der Waals surface area contributed by atoms with Crippen LogP contribution in [0.25, 0.3) is 10.9 Å². The van der Waals surface area contributed by atoms with Crippen LogP contribution in [-0.4, -0.2) is 17.1 Å². The molecular weight excluding hydrogens is 382 g/mol. The van der Waals surface area contributed by atoms with Crippen molar-refractivity contribution >= 4 is 32.8 Å². The molecule has 3 rings (SSSR count). The van der Waals surface area contributed by atoms with Gasteiger partial charge in [-0.05, 0) is 43.2 Å². The molecule has 0 amide bonds. The second-order valence-electron chi connectivity index (χ2n) is 5.81. The molecule has 128 valence electrons. The van der Waals surface area contributed by atoms with E-state index in [-0.39, 0.29) is 17.6 Å². The lowest BCUT2D eigenvalue weighted by Gasteiger charge is -2.15. The first-order chi connectivity index (χ1) is 12.0. The first kappa shape index (κ1) is 17.4. The van der Waals surface area contributed by atoms with Crippen molar-refractivity contribution in [3.05, 3.63) is 80.0 Å². The van der Waals surface area contributed by atoms with Gasteiger partial charge in [0, 0.05) is 22.6 Å². The van der Waals surface area contributed by atoms with Crippen LogP contribution in [0.4, 0.5) is 0 Å². The number of hydrogen-bond acceptors (Lipinski definition) is 3. The third-order valence-corrected chi connectivity index (χ3v) is 4.63. The van der Waals surface area contributed by atoms with Gasteiger partial charge in [-0.1, -0.05) is 40.2 Å². The third kappa shape index (κ3) is 3.51. The van der Waals surface area contributed by atoms with Gasteiger partial charge in [-0.15, -0.1) is 0 Å². The molecule has 0 saturated carbocycles. The molecule has 1 aromatic heterocycles. The number of rotatable bonds is 4. The van der Waals surface area contributed by atoms with Crippen LogP contribution in [0, 0.1) is 6.92 Å². The summed E-state index contributed by atoms with van der Waals surface area (Å²) in [4.78, 5) is 25.0. The Bertz CT molecular complexity index is 1010. The van der Waals surface area contributed by atoms with Crippen molar-refractivity contribution in [2.24, 2.45) is 0 Å². The molecule has 0 spiro atoms. The van der Waals surface area contributed by atoms with Gasteiger partial charge in [0.25, 0.3) is 0 Å². The van der Waals surface area contributed by atoms with Gasteiger partial charge in [0.2, 0.25) is 5.43 Å². The van der Waals surface area contributed by atoms with Gasteiger partial charge in [0.1, 0.15) is 5.56 Å². The molecule has 0 aliphatic heterocycles. The number of pyridine rings is 1. The molecule has 25 heavy (non-hydrogen) atoms. The molecule has 0 aliphatic rings. The number of aromatic nitrogens is 1. The number of carbonyl (C=O) groups is 1. The van der Waals surface area contributed by atoms with E-state index in [1.54, 1.807) is 19.2 Å². The quantitative estimate of drug-likeness (QED) is 0.614. The summed E-state index contributed by atoms with van der Waals surface area (Å²) in [5, 5.41) is 0.494. The van der Waals surface area contributed by atoms with Crippen LogP contribution in [0.1, 0.15) is 28.4 Å². The van der Waals surface area contributed by atoms with Crippen molar-refractivity contribution in [3.63, 3.8) is 0 Å². The average molecular weight is 400 g/mol. The first-order valence-corrected chi connectivity index (χ1v) is 8.85. The Labute approximate surface area is 154 Å². The van der Waals surface area contributed by atoms with E-state index in [1.165, 1.54) is 0 Å². The lowest BCUT2D eigenvalue weighted by Crippen LogP contribution is -2.21. The summed E-state index contributed by atoms with van der Waals surface area (Å²) in [6.45, 7) is 4.56. The highest BCUT2D eigenvalue weighted by atomic mass is 79.9. The monoisotopic (exact) mass is 399 g/mol. The summed E-state index contributed by atoms with van der Waals surface area (Å²) in [5.74, 6) is -0.590. The smallest absolute Gasteiger partial charge is 0.343 e. The second-order valence-corrected chi connectivity index (χ2v) is 6.72. The van der Waals surface area contributed by atoms with Gasteiger partial charge in [0.15, 0.2) is 0 Å². The molecule has 1 heterocycles. The summed E-state index contributed by atoms with van der Waals surface area (Å²) < 4.78 is 7.77. The van der Waals surface area contributed by atoms with Crippen molar-refractivity contribution in [2.75, 3.05) is 6.61 Å². The van der Waals surface area contributed by atoms with Crippen LogP contribution in [0.5, 0.6) is 0 Å². The van der Waals surface area contributed by atoms with E-state index in [1.807, 2.05) is 47.9 Å². The van der Waals surface area contributed by atoms with Crippen LogP contribution < -0.4 is 5.43 Å². The minimum Gasteiger partial charge on any atom is -0.462 e. The van der Waals surface area contributed by atoms with Gasteiger partial charge in [-0.25, -0.2) is 4.79 Å². The minimum atomic E-state index is -0.590. The van der Waals surface area contributed by atoms with Crippen LogP contribution in [-0.2, 0) is 11.3 Å². The fourth-order valence-electron chi connectivity index (χ4n) is 2.83. The minimum absolute atomic E-state index is 0.0565. The lowest BCUT2D eigenvalue weighted by molar-refractivity contribution is 0.0524. The summed E-state index contributed by atoms with van der Waals surface area (Å²) in [6, 6.07) is 13.6. The summed E-state index contributed by atoms with van der Waals surface area (Å²) in [7, 11) is 0. The largest absolute Gasteiger partial charge is 0.462 e. The van der Waals surface area contributed by atoms with Crippen molar-refractivity contribution in [3.8, 4) is 0 Å². The molecule has 0 unspecified atom stereocenters. The highest BCUT2D eigenvalue weighted by molar-refractivity contribution is 9.10. The molecule has 5 heteroatoms. The maximum atomic E-state index is 12.7. The van der Waals surface area contributed by atoms with Crippen molar-refractivity contribution in [1.82, 2.24) is 4.57 Å². The van der Waals surface area contributed by atoms with Crippen molar-refractivity contribution < 1.29 is 9.53 Å². The topological polar surface area (TPSA) is 48.3 Å². The van der Waals surface area contributed by atoms with Gasteiger partial charge in [-0.2, -0.15) is 0 Å². The normalized spacial score (nSPS) is 10.8. The number of carbonyl (C=O) groups excluding carboxylic acids is 1. The third-order valence-electron chi connectivity index (χ3n) is 4.14. The van der Waals surface area contributed by atoms with E-state index in [0.29, 0.717) is 11.9 Å². The summed E-state index contributed by atoms with van der Waals surface area (Å²) >= 11 is 3.40. The fraction of sp³-hybridized carbons (Fsp3) is 0.200. The molecule has 0 atom stereocenters. The standard InChI is InChI=1S/C20H18BrNO3/c1-3-25-20(24)17-12-22(11-14-7-5-4-6-13(14)2)18-9-8-15(21)10-16(18)19(17)23/h4-10,12H,3,11H2,1-2H3. The zero-order chi connectivity index (χ0) is 18.0. The molecular formula is C20H18BrNO3. The number of aryl methyl sites for hydroxylation is 1. The van der Waals surface area contributed by atoms with Crippen LogP contribution >= 0.6 is 15.9 Å². The Balaban J connectivity index is 2.23. The Morgan fingerprint density at radius 2 is 1.96 bits per heavy atom. The van der Waals surface area contributed by atoms with E-state index >= 15 is 0 Å². The average Bonchev–Trinajstić information content (AvgIpc) is 2.59. The predicted octanol–water partition coefficient (Wildman–Crippen LogP) is 4.30. The van der Waals surface area contributed by atoms with Crippen molar-refractivity contribution in [1.29, 1.82) is 0 Å². The maximum absolute atomic E-state index is 12.7. The molecule has 0 saturated heterocycles. The Hall–Kier alpha value is -2.40. The van der Waals surface area contributed by atoms with Gasteiger partial charge in [0.05, 0.1) is 12.1 Å². The lowest BCUT2D eigenvalue weighted by atomic mass is 10.1. The van der Waals surface area contributed by atoms with Gasteiger partial charge in [-0.3, -0.25) is 4.79 Å². The van der Waals surface area contributed by atoms with Gasteiger partial charge < -0.3 is 9.30 Å². The van der Waals surface area contributed by atoms with Crippen LogP contribution in [0.15, 0.2) is 57.9 Å². The number of nitrogens with zero attached hydrogens (tertiary/aromatic N) is 1. The zero-order valence-electron chi connectivity index (χ0n) is 14.1. The molecule has 0 radical (unpaired) electrons. The highest BCUT2D eigenvalue weighted by Gasteiger charge is 2.17. The number of hydrogen-bond donors (Lipinski definition) is 0. The Kier molecular flexibility index (Phi) is 5.04. The molecule has 0 fully saturated rings. The van der Waals surface area contributed by atoms with E-state index in [2.05, 4.69) is 15.9 Å². The molecule has 0 N–H and O–H groups in total. The van der Waals surface area contributed by atoms with Crippen molar-refractivity contribution in [2.45, 2.75) is 20.4 Å².